The smallest absolute Gasteiger partial charge is 0.316 e. The van der Waals surface area contributed by atoms with Crippen molar-refractivity contribution in [3.05, 3.63) is 28.3 Å². The summed E-state index contributed by atoms with van der Waals surface area (Å²) in [7, 11) is -3.65. The van der Waals surface area contributed by atoms with Crippen LogP contribution < -0.4 is 5.32 Å². The van der Waals surface area contributed by atoms with Crippen molar-refractivity contribution in [1.82, 2.24) is 10.3 Å². The van der Waals surface area contributed by atoms with E-state index < -0.39 is 14.8 Å². The summed E-state index contributed by atoms with van der Waals surface area (Å²) in [5.41, 5.74) is 0.234. The van der Waals surface area contributed by atoms with E-state index >= 15 is 0 Å². The zero-order valence-corrected chi connectivity index (χ0v) is 11.8. The van der Waals surface area contributed by atoms with Gasteiger partial charge in [0.1, 0.15) is 5.52 Å². The van der Waals surface area contributed by atoms with Crippen LogP contribution in [0.3, 0.4) is 0 Å². The highest BCUT2D eigenvalue weighted by molar-refractivity contribution is 7.91. The predicted octanol–water partition coefficient (Wildman–Crippen LogP) is 1.26. The zero-order chi connectivity index (χ0) is 15.0. The standard InChI is InChI=1S/C12H13N3O5S/c16-15(17)9-3-4-11-10(6-9)14-12(20-11)21(18,19)7-8-2-1-5-13-8/h3-4,6,8,13H,1-2,5,7H2/t8-/m1/s1. The third-order valence-electron chi connectivity index (χ3n) is 3.41. The molecular weight excluding hydrogens is 298 g/mol. The maximum Gasteiger partial charge on any atom is 0.316 e. The normalized spacial score (nSPS) is 19.1. The van der Waals surface area contributed by atoms with Crippen LogP contribution in [-0.4, -0.2) is 36.7 Å². The van der Waals surface area contributed by atoms with Gasteiger partial charge in [0.25, 0.3) is 5.69 Å². The second-order valence-electron chi connectivity index (χ2n) is 4.96. The van der Waals surface area contributed by atoms with Crippen LogP contribution in [-0.2, 0) is 9.84 Å². The quantitative estimate of drug-likeness (QED) is 0.667. The molecule has 0 aliphatic carbocycles. The number of nitro groups is 1. The second-order valence-corrected chi connectivity index (χ2v) is 6.88. The summed E-state index contributed by atoms with van der Waals surface area (Å²) >= 11 is 0. The van der Waals surface area contributed by atoms with Crippen LogP contribution in [0.2, 0.25) is 0 Å². The van der Waals surface area contributed by atoms with Crippen LogP contribution in [0.4, 0.5) is 5.69 Å². The van der Waals surface area contributed by atoms with Crippen molar-refractivity contribution in [3.63, 3.8) is 0 Å². The first kappa shape index (κ1) is 14.0. The number of sulfone groups is 1. The Kier molecular flexibility index (Phi) is 3.38. The predicted molar refractivity (Wildman–Crippen MR) is 73.7 cm³/mol. The lowest BCUT2D eigenvalue weighted by atomic mass is 10.3. The minimum Gasteiger partial charge on any atom is -0.428 e. The van der Waals surface area contributed by atoms with Gasteiger partial charge >= 0.3 is 5.22 Å². The maximum absolute atomic E-state index is 12.2. The lowest BCUT2D eigenvalue weighted by molar-refractivity contribution is -0.384. The molecule has 1 aliphatic rings. The molecule has 2 heterocycles. The molecule has 1 saturated heterocycles. The van der Waals surface area contributed by atoms with Crippen molar-refractivity contribution in [2.45, 2.75) is 24.1 Å². The lowest BCUT2D eigenvalue weighted by Crippen LogP contribution is -2.30. The van der Waals surface area contributed by atoms with E-state index in [1.807, 2.05) is 0 Å². The number of non-ortho nitro benzene ring substituents is 1. The van der Waals surface area contributed by atoms with E-state index in [2.05, 4.69) is 10.3 Å². The number of nitrogens with one attached hydrogen (secondary N) is 1. The highest BCUT2D eigenvalue weighted by atomic mass is 32.2. The van der Waals surface area contributed by atoms with Crippen molar-refractivity contribution in [3.8, 4) is 0 Å². The van der Waals surface area contributed by atoms with Gasteiger partial charge in [0.05, 0.1) is 10.7 Å². The Morgan fingerprint density at radius 3 is 2.95 bits per heavy atom. The van der Waals surface area contributed by atoms with Crippen molar-refractivity contribution in [2.24, 2.45) is 0 Å². The highest BCUT2D eigenvalue weighted by Crippen LogP contribution is 2.24. The molecule has 0 saturated carbocycles. The van der Waals surface area contributed by atoms with Crippen LogP contribution in [0.15, 0.2) is 27.8 Å². The molecule has 1 N–H and O–H groups in total. The molecule has 0 spiro atoms. The third kappa shape index (κ3) is 2.74. The fourth-order valence-electron chi connectivity index (χ4n) is 2.38. The number of oxazole rings is 1. The van der Waals surface area contributed by atoms with Gasteiger partial charge in [-0.2, -0.15) is 4.98 Å². The van der Waals surface area contributed by atoms with Crippen LogP contribution in [0.1, 0.15) is 12.8 Å². The van der Waals surface area contributed by atoms with Gasteiger partial charge in [-0.3, -0.25) is 10.1 Å². The van der Waals surface area contributed by atoms with E-state index in [0.29, 0.717) is 0 Å². The van der Waals surface area contributed by atoms with Crippen LogP contribution >= 0.6 is 0 Å². The Labute approximate surface area is 120 Å². The third-order valence-corrected chi connectivity index (χ3v) is 4.96. The molecule has 1 aromatic heterocycles. The number of hydrogen-bond donors (Lipinski definition) is 1. The minimum atomic E-state index is -3.65. The van der Waals surface area contributed by atoms with Gasteiger partial charge < -0.3 is 9.73 Å². The molecule has 8 nitrogen and oxygen atoms in total. The molecule has 3 rings (SSSR count). The largest absolute Gasteiger partial charge is 0.428 e. The van der Waals surface area contributed by atoms with Gasteiger partial charge in [0.15, 0.2) is 5.58 Å². The zero-order valence-electron chi connectivity index (χ0n) is 11.0. The first-order valence-corrected chi connectivity index (χ1v) is 8.12. The van der Waals surface area contributed by atoms with Gasteiger partial charge in [0, 0.05) is 18.2 Å². The first-order valence-electron chi connectivity index (χ1n) is 6.47. The van der Waals surface area contributed by atoms with Crippen molar-refractivity contribution in [2.75, 3.05) is 12.3 Å². The van der Waals surface area contributed by atoms with Gasteiger partial charge in [-0.15, -0.1) is 0 Å². The van der Waals surface area contributed by atoms with E-state index in [0.717, 1.165) is 19.4 Å². The SMILES string of the molecule is O=[N+]([O-])c1ccc2oc(S(=O)(=O)C[C@H]3CCCN3)nc2c1. The average Bonchev–Trinajstić information content (AvgIpc) is 3.05. The van der Waals surface area contributed by atoms with Crippen molar-refractivity contribution in [1.29, 1.82) is 0 Å². The summed E-state index contributed by atoms with van der Waals surface area (Å²) in [5.74, 6) is -0.0814. The number of nitro benzene ring substituents is 1. The molecule has 112 valence electrons. The maximum atomic E-state index is 12.2. The summed E-state index contributed by atoms with van der Waals surface area (Å²) in [6.45, 7) is 0.805. The molecule has 9 heteroatoms. The van der Waals surface area contributed by atoms with E-state index in [4.69, 9.17) is 4.42 Å². The molecule has 0 radical (unpaired) electrons. The Balaban J connectivity index is 1.94. The van der Waals surface area contributed by atoms with E-state index in [-0.39, 0.29) is 33.8 Å². The summed E-state index contributed by atoms with van der Waals surface area (Å²) in [6.07, 6.45) is 1.74. The molecule has 0 bridgehead atoms. The summed E-state index contributed by atoms with van der Waals surface area (Å²) < 4.78 is 29.7. The molecule has 1 atom stereocenters. The fraction of sp³-hybridized carbons (Fsp3) is 0.417. The van der Waals surface area contributed by atoms with Crippen molar-refractivity contribution < 1.29 is 17.8 Å². The number of fused-ring (bicyclic) bond motifs is 1. The van der Waals surface area contributed by atoms with Crippen LogP contribution in [0, 0.1) is 10.1 Å². The second kappa shape index (κ2) is 5.08. The topological polar surface area (TPSA) is 115 Å². The van der Waals surface area contributed by atoms with Gasteiger partial charge in [0.2, 0.25) is 9.84 Å². The molecule has 2 aromatic rings. The Morgan fingerprint density at radius 2 is 2.29 bits per heavy atom. The number of hydrogen-bond acceptors (Lipinski definition) is 7. The number of benzene rings is 1. The van der Waals surface area contributed by atoms with E-state index in [1.54, 1.807) is 0 Å². The summed E-state index contributed by atoms with van der Waals surface area (Å²) in [6, 6.07) is 3.71. The minimum absolute atomic E-state index is 0.0814. The molecule has 21 heavy (non-hydrogen) atoms. The first-order chi connectivity index (χ1) is 9.95. The molecule has 0 unspecified atom stereocenters. The molecule has 1 aliphatic heterocycles. The monoisotopic (exact) mass is 311 g/mol. The average molecular weight is 311 g/mol. The number of rotatable bonds is 4. The Bertz CT molecular complexity index is 792. The van der Waals surface area contributed by atoms with E-state index in [1.165, 1.54) is 18.2 Å². The molecular formula is C12H13N3O5S. The van der Waals surface area contributed by atoms with E-state index in [9.17, 15) is 18.5 Å². The van der Waals surface area contributed by atoms with Crippen LogP contribution in [0.25, 0.3) is 11.1 Å². The highest BCUT2D eigenvalue weighted by Gasteiger charge is 2.28. The molecule has 1 aromatic carbocycles. The molecule has 1 fully saturated rings. The number of aromatic nitrogens is 1. The van der Waals surface area contributed by atoms with Gasteiger partial charge in [-0.05, 0) is 25.5 Å². The van der Waals surface area contributed by atoms with Gasteiger partial charge in [-0.25, -0.2) is 8.42 Å². The number of nitrogens with zero attached hydrogens (tertiary/aromatic N) is 2. The van der Waals surface area contributed by atoms with Crippen molar-refractivity contribution >= 4 is 26.6 Å². The Morgan fingerprint density at radius 1 is 1.48 bits per heavy atom. The summed E-state index contributed by atoms with van der Waals surface area (Å²) in [4.78, 5) is 14.0. The lowest BCUT2D eigenvalue weighted by Gasteiger charge is -2.07. The Hall–Kier alpha value is -2.00. The van der Waals surface area contributed by atoms with Crippen LogP contribution in [0.5, 0.6) is 0 Å². The summed E-state index contributed by atoms with van der Waals surface area (Å²) in [5, 5.41) is 13.4. The fourth-order valence-corrected chi connectivity index (χ4v) is 3.79. The van der Waals surface area contributed by atoms with Gasteiger partial charge in [-0.1, -0.05) is 0 Å². The molecule has 0 amide bonds.